The Labute approximate surface area is 164 Å². The lowest BCUT2D eigenvalue weighted by Gasteiger charge is -2.13. The molecule has 0 unspecified atom stereocenters. The van der Waals surface area contributed by atoms with Crippen molar-refractivity contribution in [2.45, 2.75) is 13.5 Å². The predicted octanol–water partition coefficient (Wildman–Crippen LogP) is 5.40. The van der Waals surface area contributed by atoms with Crippen LogP contribution in [0.3, 0.4) is 0 Å². The molecular weight excluding hydrogens is 348 g/mol. The number of ether oxygens (including phenoxy) is 2. The number of hydrogen-bond acceptors (Lipinski definition) is 3. The zero-order valence-electron chi connectivity index (χ0n) is 15.8. The SMILES string of the molecule is COc1cc2c(C#N)c(C)n(-c3ccccc3)c2cc1OCc1ccccc1. The number of rotatable bonds is 5. The maximum absolute atomic E-state index is 9.73. The van der Waals surface area contributed by atoms with Gasteiger partial charge in [0, 0.05) is 22.8 Å². The summed E-state index contributed by atoms with van der Waals surface area (Å²) in [5.74, 6) is 1.27. The molecule has 0 aliphatic heterocycles. The third-order valence-electron chi connectivity index (χ3n) is 4.85. The van der Waals surface area contributed by atoms with Crippen molar-refractivity contribution in [3.63, 3.8) is 0 Å². The summed E-state index contributed by atoms with van der Waals surface area (Å²) in [6.45, 7) is 2.40. The largest absolute Gasteiger partial charge is 0.493 e. The molecule has 0 atom stereocenters. The molecule has 138 valence electrons. The Morgan fingerprint density at radius 1 is 0.929 bits per heavy atom. The van der Waals surface area contributed by atoms with Gasteiger partial charge in [-0.2, -0.15) is 5.26 Å². The number of para-hydroxylation sites is 1. The summed E-state index contributed by atoms with van der Waals surface area (Å²) in [5.41, 5.74) is 4.55. The summed E-state index contributed by atoms with van der Waals surface area (Å²) in [6.07, 6.45) is 0. The molecule has 0 N–H and O–H groups in total. The Morgan fingerprint density at radius 2 is 1.61 bits per heavy atom. The molecule has 1 aromatic heterocycles. The van der Waals surface area contributed by atoms with Crippen LogP contribution in [0.2, 0.25) is 0 Å². The van der Waals surface area contributed by atoms with Gasteiger partial charge in [0.2, 0.25) is 0 Å². The van der Waals surface area contributed by atoms with Crippen molar-refractivity contribution in [2.75, 3.05) is 7.11 Å². The van der Waals surface area contributed by atoms with Crippen LogP contribution in [0.15, 0.2) is 72.8 Å². The molecule has 4 nitrogen and oxygen atoms in total. The van der Waals surface area contributed by atoms with E-state index in [4.69, 9.17) is 9.47 Å². The van der Waals surface area contributed by atoms with Crippen LogP contribution < -0.4 is 9.47 Å². The van der Waals surface area contributed by atoms with Gasteiger partial charge in [-0.25, -0.2) is 0 Å². The maximum atomic E-state index is 9.73. The lowest BCUT2D eigenvalue weighted by Crippen LogP contribution is -1.99. The van der Waals surface area contributed by atoms with Gasteiger partial charge in [0.15, 0.2) is 11.5 Å². The highest BCUT2D eigenvalue weighted by molar-refractivity contribution is 5.92. The molecule has 4 aromatic rings. The topological polar surface area (TPSA) is 47.2 Å². The van der Waals surface area contributed by atoms with Gasteiger partial charge in [0.05, 0.1) is 18.2 Å². The molecule has 0 aliphatic carbocycles. The maximum Gasteiger partial charge on any atom is 0.163 e. The van der Waals surface area contributed by atoms with E-state index in [0.717, 1.165) is 27.8 Å². The van der Waals surface area contributed by atoms with E-state index >= 15 is 0 Å². The van der Waals surface area contributed by atoms with Crippen molar-refractivity contribution >= 4 is 10.9 Å². The van der Waals surface area contributed by atoms with E-state index in [2.05, 4.69) is 10.6 Å². The van der Waals surface area contributed by atoms with E-state index in [1.54, 1.807) is 7.11 Å². The number of aromatic nitrogens is 1. The highest BCUT2D eigenvalue weighted by Gasteiger charge is 2.19. The Morgan fingerprint density at radius 3 is 2.25 bits per heavy atom. The summed E-state index contributed by atoms with van der Waals surface area (Å²) < 4.78 is 13.7. The first-order valence-corrected chi connectivity index (χ1v) is 9.08. The number of nitrogens with zero attached hydrogens (tertiary/aromatic N) is 2. The summed E-state index contributed by atoms with van der Waals surface area (Å²) in [5, 5.41) is 10.6. The van der Waals surface area contributed by atoms with Gasteiger partial charge in [-0.05, 0) is 30.7 Å². The molecule has 0 amide bonds. The minimum atomic E-state index is 0.443. The number of nitriles is 1. The highest BCUT2D eigenvalue weighted by Crippen LogP contribution is 2.38. The van der Waals surface area contributed by atoms with Crippen molar-refractivity contribution in [3.8, 4) is 23.3 Å². The average molecular weight is 368 g/mol. The smallest absolute Gasteiger partial charge is 0.163 e. The fraction of sp³-hybridized carbons (Fsp3) is 0.125. The molecule has 1 heterocycles. The lowest BCUT2D eigenvalue weighted by atomic mass is 10.1. The Balaban J connectivity index is 1.86. The van der Waals surface area contributed by atoms with Gasteiger partial charge >= 0.3 is 0 Å². The summed E-state index contributed by atoms with van der Waals surface area (Å²) in [7, 11) is 1.61. The monoisotopic (exact) mass is 368 g/mol. The molecule has 0 saturated carbocycles. The normalized spacial score (nSPS) is 10.6. The molecule has 0 aliphatic rings. The fourth-order valence-corrected chi connectivity index (χ4v) is 3.48. The summed E-state index contributed by atoms with van der Waals surface area (Å²) >= 11 is 0. The molecule has 0 radical (unpaired) electrons. The van der Waals surface area contributed by atoms with Crippen molar-refractivity contribution in [1.82, 2.24) is 4.57 Å². The fourth-order valence-electron chi connectivity index (χ4n) is 3.48. The van der Waals surface area contributed by atoms with Gasteiger partial charge in [-0.3, -0.25) is 0 Å². The summed E-state index contributed by atoms with van der Waals surface area (Å²) in [6, 6.07) is 26.2. The number of hydrogen-bond donors (Lipinski definition) is 0. The second-order valence-corrected chi connectivity index (χ2v) is 6.54. The minimum absolute atomic E-state index is 0.443. The van der Waals surface area contributed by atoms with Crippen LogP contribution >= 0.6 is 0 Å². The zero-order chi connectivity index (χ0) is 19.5. The quantitative estimate of drug-likeness (QED) is 0.474. The van der Waals surface area contributed by atoms with E-state index < -0.39 is 0 Å². The number of fused-ring (bicyclic) bond motifs is 1. The zero-order valence-corrected chi connectivity index (χ0v) is 15.8. The third kappa shape index (κ3) is 3.08. The molecular formula is C24H20N2O2. The lowest BCUT2D eigenvalue weighted by molar-refractivity contribution is 0.285. The van der Waals surface area contributed by atoms with Crippen LogP contribution in [-0.2, 0) is 6.61 Å². The number of benzene rings is 3. The minimum Gasteiger partial charge on any atom is -0.493 e. The molecule has 0 saturated heterocycles. The van der Waals surface area contributed by atoms with Crippen molar-refractivity contribution in [1.29, 1.82) is 5.26 Å². The van der Waals surface area contributed by atoms with E-state index in [9.17, 15) is 5.26 Å². The van der Waals surface area contributed by atoms with Crippen LogP contribution in [0.4, 0.5) is 0 Å². The highest BCUT2D eigenvalue weighted by atomic mass is 16.5. The van der Waals surface area contributed by atoms with E-state index in [-0.39, 0.29) is 0 Å². The Kier molecular flexibility index (Phi) is 4.74. The molecule has 0 bridgehead atoms. The molecule has 3 aromatic carbocycles. The molecule has 0 spiro atoms. The molecule has 0 fully saturated rings. The van der Waals surface area contributed by atoms with E-state index in [0.29, 0.717) is 23.7 Å². The van der Waals surface area contributed by atoms with Crippen LogP contribution in [-0.4, -0.2) is 11.7 Å². The van der Waals surface area contributed by atoms with E-state index in [1.165, 1.54) is 0 Å². The van der Waals surface area contributed by atoms with Gasteiger partial charge in [0.25, 0.3) is 0 Å². The molecule has 28 heavy (non-hydrogen) atoms. The van der Waals surface area contributed by atoms with Crippen LogP contribution in [0.1, 0.15) is 16.8 Å². The first kappa shape index (κ1) is 17.7. The van der Waals surface area contributed by atoms with E-state index in [1.807, 2.05) is 79.7 Å². The number of methoxy groups -OCH3 is 1. The van der Waals surface area contributed by atoms with Gasteiger partial charge in [0.1, 0.15) is 12.7 Å². The standard InChI is InChI=1S/C24H20N2O2/c1-17-21(15-25)20-13-23(27-2)24(28-16-18-9-5-3-6-10-18)14-22(20)26(17)19-11-7-4-8-12-19/h3-14H,16H2,1-2H3. The first-order chi connectivity index (χ1) is 13.7. The Hall–Kier alpha value is -3.71. The van der Waals surface area contributed by atoms with Gasteiger partial charge in [-0.15, -0.1) is 0 Å². The van der Waals surface area contributed by atoms with Gasteiger partial charge < -0.3 is 14.0 Å². The molecule has 4 heteroatoms. The molecule has 4 rings (SSSR count). The van der Waals surface area contributed by atoms with Crippen LogP contribution in [0.5, 0.6) is 11.5 Å². The third-order valence-corrected chi connectivity index (χ3v) is 4.85. The average Bonchev–Trinajstić information content (AvgIpc) is 3.02. The van der Waals surface area contributed by atoms with Crippen molar-refractivity contribution in [2.24, 2.45) is 0 Å². The van der Waals surface area contributed by atoms with Crippen molar-refractivity contribution < 1.29 is 9.47 Å². The first-order valence-electron chi connectivity index (χ1n) is 9.08. The second-order valence-electron chi connectivity index (χ2n) is 6.54. The predicted molar refractivity (Wildman–Crippen MR) is 110 cm³/mol. The Bertz CT molecular complexity index is 1160. The second kappa shape index (κ2) is 7.50. The van der Waals surface area contributed by atoms with Crippen molar-refractivity contribution in [3.05, 3.63) is 89.6 Å². The summed E-state index contributed by atoms with van der Waals surface area (Å²) in [4.78, 5) is 0. The van der Waals surface area contributed by atoms with Crippen LogP contribution in [0, 0.1) is 18.3 Å². The van der Waals surface area contributed by atoms with Crippen LogP contribution in [0.25, 0.3) is 16.6 Å². The van der Waals surface area contributed by atoms with Gasteiger partial charge in [-0.1, -0.05) is 48.5 Å².